The zero-order valence-electron chi connectivity index (χ0n) is 13.6. The Balaban J connectivity index is 1.76. The molecule has 7 heteroatoms. The summed E-state index contributed by atoms with van der Waals surface area (Å²) in [5.41, 5.74) is 1.11. The highest BCUT2D eigenvalue weighted by Crippen LogP contribution is 2.24. The van der Waals surface area contributed by atoms with E-state index in [9.17, 15) is 9.59 Å². The first kappa shape index (κ1) is 19.1. The van der Waals surface area contributed by atoms with Gasteiger partial charge in [-0.2, -0.15) is 0 Å². The third-order valence-electron chi connectivity index (χ3n) is 3.40. The van der Waals surface area contributed by atoms with Crippen molar-refractivity contribution >= 4 is 35.1 Å². The first-order valence-corrected chi connectivity index (χ1v) is 8.27. The van der Waals surface area contributed by atoms with Crippen molar-refractivity contribution in [2.24, 2.45) is 0 Å². The molecule has 132 valence electrons. The summed E-state index contributed by atoms with van der Waals surface area (Å²) in [6, 6.07) is 12.2. The van der Waals surface area contributed by atoms with Crippen molar-refractivity contribution in [1.29, 1.82) is 0 Å². The first-order chi connectivity index (χ1) is 12.0. The predicted molar refractivity (Wildman–Crippen MR) is 96.5 cm³/mol. The average Bonchev–Trinajstić information content (AvgIpc) is 2.60. The molecular weight excluding hydrogens is 365 g/mol. The van der Waals surface area contributed by atoms with Crippen molar-refractivity contribution in [3.63, 3.8) is 0 Å². The van der Waals surface area contributed by atoms with E-state index < -0.39 is 18.5 Å². The Morgan fingerprint density at radius 2 is 1.68 bits per heavy atom. The molecule has 0 bridgehead atoms. The number of carbonyl (C=O) groups excluding carboxylic acids is 2. The monoisotopic (exact) mass is 381 g/mol. The molecule has 0 heterocycles. The van der Waals surface area contributed by atoms with Crippen LogP contribution in [-0.2, 0) is 16.0 Å². The summed E-state index contributed by atoms with van der Waals surface area (Å²) in [6.45, 7) is 0.0263. The molecule has 0 aliphatic heterocycles. The number of hydrogen-bond donors (Lipinski definition) is 1. The van der Waals surface area contributed by atoms with E-state index in [-0.39, 0.29) is 15.6 Å². The maximum Gasteiger partial charge on any atom is 0.341 e. The molecule has 0 fully saturated rings. The lowest BCUT2D eigenvalue weighted by atomic mass is 10.1. The second-order valence-corrected chi connectivity index (χ2v) is 5.94. The van der Waals surface area contributed by atoms with Crippen molar-refractivity contribution in [2.45, 2.75) is 6.42 Å². The van der Waals surface area contributed by atoms with Gasteiger partial charge in [-0.05, 0) is 36.2 Å². The lowest BCUT2D eigenvalue weighted by molar-refractivity contribution is -0.124. The van der Waals surface area contributed by atoms with Crippen LogP contribution in [0.3, 0.4) is 0 Å². The highest BCUT2D eigenvalue weighted by molar-refractivity contribution is 6.39. The van der Waals surface area contributed by atoms with Gasteiger partial charge in [0.1, 0.15) is 5.75 Å². The molecule has 0 aromatic heterocycles. The minimum absolute atomic E-state index is 0.0527. The Labute approximate surface area is 155 Å². The van der Waals surface area contributed by atoms with Gasteiger partial charge in [0.25, 0.3) is 5.91 Å². The number of esters is 1. The van der Waals surface area contributed by atoms with Crippen LogP contribution in [0.2, 0.25) is 10.0 Å². The fourth-order valence-corrected chi connectivity index (χ4v) is 2.64. The van der Waals surface area contributed by atoms with E-state index in [1.165, 1.54) is 12.1 Å². The summed E-state index contributed by atoms with van der Waals surface area (Å²) in [4.78, 5) is 23.7. The van der Waals surface area contributed by atoms with Gasteiger partial charge in [0.05, 0.1) is 22.7 Å². The van der Waals surface area contributed by atoms with Gasteiger partial charge in [-0.3, -0.25) is 4.79 Å². The Morgan fingerprint density at radius 1 is 1.04 bits per heavy atom. The highest BCUT2D eigenvalue weighted by atomic mass is 35.5. The first-order valence-electron chi connectivity index (χ1n) is 7.52. The topological polar surface area (TPSA) is 64.6 Å². The molecule has 0 aliphatic rings. The van der Waals surface area contributed by atoms with Crippen molar-refractivity contribution in [3.05, 3.63) is 63.6 Å². The maximum atomic E-state index is 12.0. The maximum absolute atomic E-state index is 12.0. The molecule has 0 aliphatic carbocycles. The van der Waals surface area contributed by atoms with Gasteiger partial charge in [0.2, 0.25) is 0 Å². The highest BCUT2D eigenvalue weighted by Gasteiger charge is 2.17. The van der Waals surface area contributed by atoms with Crippen molar-refractivity contribution < 1.29 is 19.1 Å². The number of halogens is 2. The van der Waals surface area contributed by atoms with Gasteiger partial charge in [-0.25, -0.2) is 4.79 Å². The Bertz CT molecular complexity index is 727. The lowest BCUT2D eigenvalue weighted by Crippen LogP contribution is -2.30. The standard InChI is InChI=1S/C18H17Cl2NO4/c1-24-13-7-5-12(6-8-13)9-10-21-16(22)11-25-18(23)17-14(19)3-2-4-15(17)20/h2-8H,9-11H2,1H3,(H,21,22). The molecule has 2 aromatic carbocycles. The molecule has 2 rings (SSSR count). The molecule has 0 radical (unpaired) electrons. The van der Waals surface area contributed by atoms with Crippen LogP contribution in [0.5, 0.6) is 5.75 Å². The van der Waals surface area contributed by atoms with E-state index in [0.717, 1.165) is 11.3 Å². The number of rotatable bonds is 7. The van der Waals surface area contributed by atoms with E-state index in [4.69, 9.17) is 32.7 Å². The van der Waals surface area contributed by atoms with Crippen molar-refractivity contribution in [2.75, 3.05) is 20.3 Å². The van der Waals surface area contributed by atoms with Crippen LogP contribution in [0.15, 0.2) is 42.5 Å². The molecule has 25 heavy (non-hydrogen) atoms. The van der Waals surface area contributed by atoms with E-state index in [1.54, 1.807) is 13.2 Å². The van der Waals surface area contributed by atoms with Crippen LogP contribution in [-0.4, -0.2) is 32.1 Å². The van der Waals surface area contributed by atoms with Crippen LogP contribution in [0.4, 0.5) is 0 Å². The zero-order valence-corrected chi connectivity index (χ0v) is 15.1. The van der Waals surface area contributed by atoms with E-state index in [0.29, 0.717) is 13.0 Å². The summed E-state index contributed by atoms with van der Waals surface area (Å²) in [7, 11) is 1.60. The Morgan fingerprint density at radius 3 is 2.28 bits per heavy atom. The number of methoxy groups -OCH3 is 1. The van der Waals surface area contributed by atoms with Crippen molar-refractivity contribution in [1.82, 2.24) is 5.32 Å². The lowest BCUT2D eigenvalue weighted by Gasteiger charge is -2.09. The van der Waals surface area contributed by atoms with Crippen LogP contribution >= 0.6 is 23.2 Å². The van der Waals surface area contributed by atoms with Gasteiger partial charge in [0.15, 0.2) is 6.61 Å². The normalized spacial score (nSPS) is 10.2. The molecular formula is C18H17Cl2NO4. The van der Waals surface area contributed by atoms with Gasteiger partial charge < -0.3 is 14.8 Å². The van der Waals surface area contributed by atoms with E-state index in [1.807, 2.05) is 24.3 Å². The molecule has 1 N–H and O–H groups in total. The number of benzene rings is 2. The fourth-order valence-electron chi connectivity index (χ4n) is 2.09. The molecule has 1 amide bonds. The summed E-state index contributed by atoms with van der Waals surface area (Å²) in [6.07, 6.45) is 0.653. The number of nitrogens with one attached hydrogen (secondary N) is 1. The van der Waals surface area contributed by atoms with Gasteiger partial charge in [0, 0.05) is 6.54 Å². The quantitative estimate of drug-likeness (QED) is 0.745. The Kier molecular flexibility index (Phi) is 7.10. The molecule has 0 atom stereocenters. The summed E-state index contributed by atoms with van der Waals surface area (Å²) in [5.74, 6) is -0.358. The van der Waals surface area contributed by atoms with Gasteiger partial charge in [-0.15, -0.1) is 0 Å². The van der Waals surface area contributed by atoms with Crippen LogP contribution < -0.4 is 10.1 Å². The third-order valence-corrected chi connectivity index (χ3v) is 4.03. The zero-order chi connectivity index (χ0) is 18.2. The molecule has 0 saturated carbocycles. The molecule has 0 spiro atoms. The molecule has 0 saturated heterocycles. The third kappa shape index (κ3) is 5.66. The second kappa shape index (κ2) is 9.30. The minimum atomic E-state index is -0.735. The van der Waals surface area contributed by atoms with Crippen LogP contribution in [0.1, 0.15) is 15.9 Å². The number of hydrogen-bond acceptors (Lipinski definition) is 4. The van der Waals surface area contributed by atoms with E-state index >= 15 is 0 Å². The minimum Gasteiger partial charge on any atom is -0.497 e. The molecule has 5 nitrogen and oxygen atoms in total. The smallest absolute Gasteiger partial charge is 0.341 e. The van der Waals surface area contributed by atoms with E-state index in [2.05, 4.69) is 5.32 Å². The van der Waals surface area contributed by atoms with Crippen molar-refractivity contribution in [3.8, 4) is 5.75 Å². The SMILES string of the molecule is COc1ccc(CCNC(=O)COC(=O)c2c(Cl)cccc2Cl)cc1. The number of carbonyl (C=O) groups is 2. The largest absolute Gasteiger partial charge is 0.497 e. The van der Waals surface area contributed by atoms with Crippen LogP contribution in [0.25, 0.3) is 0 Å². The second-order valence-electron chi connectivity index (χ2n) is 5.12. The molecule has 0 unspecified atom stereocenters. The summed E-state index contributed by atoms with van der Waals surface area (Å²) >= 11 is 11.8. The van der Waals surface area contributed by atoms with Gasteiger partial charge >= 0.3 is 5.97 Å². The molecule has 2 aromatic rings. The number of amides is 1. The summed E-state index contributed by atoms with van der Waals surface area (Å²) in [5, 5.41) is 3.04. The average molecular weight is 382 g/mol. The Hall–Kier alpha value is -2.24. The van der Waals surface area contributed by atoms with Crippen LogP contribution in [0, 0.1) is 0 Å². The fraction of sp³-hybridized carbons (Fsp3) is 0.222. The predicted octanol–water partition coefficient (Wildman–Crippen LogP) is 3.52. The van der Waals surface area contributed by atoms with Gasteiger partial charge in [-0.1, -0.05) is 41.4 Å². The summed E-state index contributed by atoms with van der Waals surface area (Å²) < 4.78 is 10.0. The number of ether oxygens (including phenoxy) is 2.